The highest BCUT2D eigenvalue weighted by Gasteiger charge is 2.33. The molecular weight excluding hydrogens is 227 g/mol. The van der Waals surface area contributed by atoms with Gasteiger partial charge in [-0.05, 0) is 14.0 Å². The van der Waals surface area contributed by atoms with E-state index in [-0.39, 0.29) is 6.61 Å². The molecule has 0 saturated carbocycles. The van der Waals surface area contributed by atoms with Crippen molar-refractivity contribution in [1.82, 2.24) is 5.32 Å². The van der Waals surface area contributed by atoms with Crippen molar-refractivity contribution in [3.8, 4) is 0 Å². The average Bonchev–Trinajstić information content (AvgIpc) is 2.21. The summed E-state index contributed by atoms with van der Waals surface area (Å²) in [6.45, 7) is 0.844. The van der Waals surface area contributed by atoms with Gasteiger partial charge < -0.3 is 14.8 Å². The molecule has 0 aliphatic carbocycles. The number of nitrogens with one attached hydrogen (secondary N) is 1. The topological polar surface area (TPSA) is 47.6 Å². The lowest BCUT2D eigenvalue weighted by molar-refractivity contribution is -0.155. The minimum Gasteiger partial charge on any atom is -0.468 e. The first kappa shape index (κ1) is 15.2. The van der Waals surface area contributed by atoms with Crippen LogP contribution >= 0.6 is 0 Å². The first-order chi connectivity index (χ1) is 7.25. The molecule has 0 amide bonds. The number of alkyl halides is 3. The predicted molar refractivity (Wildman–Crippen MR) is 51.0 cm³/mol. The molecule has 0 aromatic carbocycles. The molecule has 0 aliphatic heterocycles. The lowest BCUT2D eigenvalue weighted by Gasteiger charge is -2.25. The number of ether oxygens (including phenoxy) is 2. The van der Waals surface area contributed by atoms with E-state index in [0.717, 1.165) is 0 Å². The summed E-state index contributed by atoms with van der Waals surface area (Å²) in [5, 5.41) is 2.65. The van der Waals surface area contributed by atoms with E-state index in [1.54, 1.807) is 0 Å². The normalized spacial score (nSPS) is 15.6. The van der Waals surface area contributed by atoms with Crippen LogP contribution in [0.1, 0.15) is 13.3 Å². The molecule has 1 atom stereocenters. The molecule has 7 heteroatoms. The van der Waals surface area contributed by atoms with Gasteiger partial charge in [0.2, 0.25) is 0 Å². The summed E-state index contributed by atoms with van der Waals surface area (Å²) in [6.07, 6.45) is -5.28. The molecule has 0 spiro atoms. The number of halogens is 3. The van der Waals surface area contributed by atoms with Crippen LogP contribution < -0.4 is 5.32 Å². The molecule has 0 aliphatic rings. The van der Waals surface area contributed by atoms with E-state index in [4.69, 9.17) is 4.74 Å². The molecule has 0 aromatic heterocycles. The average molecular weight is 243 g/mol. The predicted octanol–water partition coefficient (Wildman–Crippen LogP) is 1.11. The van der Waals surface area contributed by atoms with Gasteiger partial charge in [-0.15, -0.1) is 0 Å². The number of methoxy groups -OCH3 is 1. The van der Waals surface area contributed by atoms with Crippen LogP contribution in [0.25, 0.3) is 0 Å². The Labute approximate surface area is 92.1 Å². The van der Waals surface area contributed by atoms with Gasteiger partial charge in [-0.2, -0.15) is 13.2 Å². The molecule has 0 radical (unpaired) electrons. The van der Waals surface area contributed by atoms with E-state index in [1.165, 1.54) is 21.1 Å². The van der Waals surface area contributed by atoms with Gasteiger partial charge in [-0.3, -0.25) is 0 Å². The summed E-state index contributed by atoms with van der Waals surface area (Å²) >= 11 is 0. The van der Waals surface area contributed by atoms with Crippen molar-refractivity contribution >= 4 is 5.97 Å². The van der Waals surface area contributed by atoms with Crippen LogP contribution in [0.4, 0.5) is 13.2 Å². The Kier molecular flexibility index (Phi) is 5.74. The van der Waals surface area contributed by atoms with Crippen LogP contribution in [0.15, 0.2) is 0 Å². The Balaban J connectivity index is 4.02. The number of rotatable bonds is 6. The third kappa shape index (κ3) is 5.32. The van der Waals surface area contributed by atoms with Gasteiger partial charge in [-0.25, -0.2) is 4.79 Å². The Morgan fingerprint density at radius 2 is 1.94 bits per heavy atom. The van der Waals surface area contributed by atoms with Crippen LogP contribution in [0.2, 0.25) is 0 Å². The Morgan fingerprint density at radius 1 is 1.38 bits per heavy atom. The minimum atomic E-state index is -4.25. The number of hydrogen-bond donors (Lipinski definition) is 1. The maximum Gasteiger partial charge on any atom is 0.391 e. The summed E-state index contributed by atoms with van der Waals surface area (Å²) < 4.78 is 44.7. The van der Waals surface area contributed by atoms with Crippen molar-refractivity contribution < 1.29 is 27.4 Å². The highest BCUT2D eigenvalue weighted by molar-refractivity contribution is 5.80. The molecule has 0 bridgehead atoms. The quantitative estimate of drug-likeness (QED) is 0.560. The number of carbonyl (C=O) groups excluding carboxylic acids is 1. The maximum absolute atomic E-state index is 11.8. The summed E-state index contributed by atoms with van der Waals surface area (Å²) in [5.74, 6) is -0.581. The van der Waals surface area contributed by atoms with Crippen LogP contribution in [0, 0.1) is 0 Å². The fraction of sp³-hybridized carbons (Fsp3) is 0.889. The van der Waals surface area contributed by atoms with Crippen molar-refractivity contribution in [3.05, 3.63) is 0 Å². The molecule has 0 fully saturated rings. The monoisotopic (exact) mass is 243 g/mol. The number of hydrogen-bond acceptors (Lipinski definition) is 4. The fourth-order valence-electron chi connectivity index (χ4n) is 0.923. The van der Waals surface area contributed by atoms with Crippen molar-refractivity contribution in [2.24, 2.45) is 0 Å². The van der Waals surface area contributed by atoms with Crippen molar-refractivity contribution in [3.63, 3.8) is 0 Å². The smallest absolute Gasteiger partial charge is 0.391 e. The van der Waals surface area contributed by atoms with Gasteiger partial charge in [0.25, 0.3) is 0 Å². The molecule has 0 heterocycles. The van der Waals surface area contributed by atoms with Crippen molar-refractivity contribution in [2.75, 3.05) is 27.4 Å². The van der Waals surface area contributed by atoms with Crippen LogP contribution in [0.3, 0.4) is 0 Å². The van der Waals surface area contributed by atoms with Crippen LogP contribution in [-0.2, 0) is 14.3 Å². The van der Waals surface area contributed by atoms with E-state index >= 15 is 0 Å². The summed E-state index contributed by atoms with van der Waals surface area (Å²) in [4.78, 5) is 11.3. The summed E-state index contributed by atoms with van der Waals surface area (Å²) in [5.41, 5.74) is -1.12. The van der Waals surface area contributed by atoms with E-state index in [9.17, 15) is 18.0 Å². The van der Waals surface area contributed by atoms with Crippen molar-refractivity contribution in [2.45, 2.75) is 25.1 Å². The third-order valence-corrected chi connectivity index (χ3v) is 2.11. The number of carbonyl (C=O) groups is 1. The Morgan fingerprint density at radius 3 is 2.31 bits per heavy atom. The zero-order valence-corrected chi connectivity index (χ0v) is 9.48. The first-order valence-electron chi connectivity index (χ1n) is 4.67. The molecule has 1 N–H and O–H groups in total. The Bertz CT molecular complexity index is 233. The molecule has 16 heavy (non-hydrogen) atoms. The Hall–Kier alpha value is -0.820. The molecule has 0 rings (SSSR count). The minimum absolute atomic E-state index is 0.174. The third-order valence-electron chi connectivity index (χ3n) is 2.11. The standard InChI is InChI=1S/C9H16F3NO3/c1-8(13-2,7(14)15-3)6-16-5-4-9(10,11)12/h13H,4-6H2,1-3H3. The molecule has 1 unspecified atom stereocenters. The second kappa shape index (κ2) is 6.05. The SMILES string of the molecule is CNC(C)(COCCC(F)(F)F)C(=O)OC. The van der Waals surface area contributed by atoms with Gasteiger partial charge in [0.1, 0.15) is 5.54 Å². The molecule has 96 valence electrons. The number of likely N-dealkylation sites (N-methyl/N-ethyl adjacent to an activating group) is 1. The lowest BCUT2D eigenvalue weighted by atomic mass is 10.1. The van der Waals surface area contributed by atoms with E-state index in [2.05, 4.69) is 10.1 Å². The van der Waals surface area contributed by atoms with Gasteiger partial charge in [0, 0.05) is 0 Å². The molecular formula is C9H16F3NO3. The summed E-state index contributed by atoms with van der Waals surface area (Å²) in [7, 11) is 2.71. The lowest BCUT2D eigenvalue weighted by Crippen LogP contribution is -2.52. The van der Waals surface area contributed by atoms with Crippen LogP contribution in [0.5, 0.6) is 0 Å². The second-order valence-electron chi connectivity index (χ2n) is 3.49. The van der Waals surface area contributed by atoms with Crippen molar-refractivity contribution in [1.29, 1.82) is 0 Å². The summed E-state index contributed by atoms with van der Waals surface area (Å²) in [6, 6.07) is 0. The zero-order valence-electron chi connectivity index (χ0n) is 9.48. The fourth-order valence-corrected chi connectivity index (χ4v) is 0.923. The van der Waals surface area contributed by atoms with Crippen LogP contribution in [-0.4, -0.2) is 45.1 Å². The van der Waals surface area contributed by atoms with Gasteiger partial charge in [0.15, 0.2) is 0 Å². The zero-order chi connectivity index (χ0) is 12.8. The van der Waals surface area contributed by atoms with Gasteiger partial charge in [-0.1, -0.05) is 0 Å². The van der Waals surface area contributed by atoms with Gasteiger partial charge in [0.05, 0.1) is 26.7 Å². The highest BCUT2D eigenvalue weighted by atomic mass is 19.4. The second-order valence-corrected chi connectivity index (χ2v) is 3.49. The van der Waals surface area contributed by atoms with E-state index in [0.29, 0.717) is 0 Å². The first-order valence-corrected chi connectivity index (χ1v) is 4.67. The molecule has 0 aromatic rings. The molecule has 0 saturated heterocycles. The highest BCUT2D eigenvalue weighted by Crippen LogP contribution is 2.19. The number of esters is 1. The largest absolute Gasteiger partial charge is 0.468 e. The van der Waals surface area contributed by atoms with E-state index in [1.807, 2.05) is 0 Å². The van der Waals surface area contributed by atoms with E-state index < -0.39 is 30.7 Å². The van der Waals surface area contributed by atoms with Gasteiger partial charge >= 0.3 is 12.1 Å². The molecule has 4 nitrogen and oxygen atoms in total. The maximum atomic E-state index is 11.8.